The molecule has 2 aliphatic rings. The zero-order chi connectivity index (χ0) is 17.8. The summed E-state index contributed by atoms with van der Waals surface area (Å²) >= 11 is 0.799. The zero-order valence-electron chi connectivity index (χ0n) is 14.0. The van der Waals surface area contributed by atoms with Crippen LogP contribution in [0.3, 0.4) is 0 Å². The summed E-state index contributed by atoms with van der Waals surface area (Å²) in [4.78, 5) is 39.1. The number of piperidine rings is 1. The standard InChI is InChI=1S/C17H20N2O5S/c1-2-23-15(20)11-19-16(21)13(25-17(19)22)10-12-6-7-14(24-12)18-8-4-3-5-9-18/h6-7,10H,2-5,8-9,11H2,1H3/b13-10-. The Bertz CT molecular complexity index is 706. The number of anilines is 1. The predicted octanol–water partition coefficient (Wildman–Crippen LogP) is 2.87. The van der Waals surface area contributed by atoms with Gasteiger partial charge in [-0.15, -0.1) is 0 Å². The van der Waals surface area contributed by atoms with Gasteiger partial charge in [-0.3, -0.25) is 19.3 Å². The quantitative estimate of drug-likeness (QED) is 0.587. The van der Waals surface area contributed by atoms with Gasteiger partial charge in [-0.25, -0.2) is 0 Å². The first kappa shape index (κ1) is 17.6. The Kier molecular flexibility index (Phi) is 5.47. The summed E-state index contributed by atoms with van der Waals surface area (Å²) in [6, 6.07) is 3.66. The molecule has 0 unspecified atom stereocenters. The molecule has 0 radical (unpaired) electrons. The lowest BCUT2D eigenvalue weighted by molar-refractivity contribution is -0.145. The molecule has 3 heterocycles. The average molecular weight is 364 g/mol. The van der Waals surface area contributed by atoms with Crippen LogP contribution in [0.15, 0.2) is 21.5 Å². The highest BCUT2D eigenvalue weighted by Gasteiger charge is 2.36. The molecular formula is C17H20N2O5S. The summed E-state index contributed by atoms with van der Waals surface area (Å²) in [5, 5.41) is -0.480. The molecule has 7 nitrogen and oxygen atoms in total. The average Bonchev–Trinajstić information content (AvgIpc) is 3.17. The molecule has 2 fully saturated rings. The maximum Gasteiger partial charge on any atom is 0.326 e. The van der Waals surface area contributed by atoms with Gasteiger partial charge in [0.2, 0.25) is 0 Å². The number of amides is 2. The van der Waals surface area contributed by atoms with Crippen molar-refractivity contribution in [3.8, 4) is 0 Å². The van der Waals surface area contributed by atoms with E-state index in [4.69, 9.17) is 9.15 Å². The van der Waals surface area contributed by atoms with Gasteiger partial charge in [0, 0.05) is 25.2 Å². The second-order valence-electron chi connectivity index (χ2n) is 5.80. The molecule has 0 spiro atoms. The van der Waals surface area contributed by atoms with E-state index in [9.17, 15) is 14.4 Å². The van der Waals surface area contributed by atoms with E-state index in [0.717, 1.165) is 48.5 Å². The van der Waals surface area contributed by atoms with Gasteiger partial charge in [0.25, 0.3) is 11.1 Å². The van der Waals surface area contributed by atoms with Crippen molar-refractivity contribution < 1.29 is 23.5 Å². The van der Waals surface area contributed by atoms with Crippen LogP contribution in [0.25, 0.3) is 6.08 Å². The lowest BCUT2D eigenvalue weighted by Crippen LogP contribution is -2.34. The Morgan fingerprint density at radius 2 is 2.04 bits per heavy atom. The summed E-state index contributed by atoms with van der Waals surface area (Å²) in [7, 11) is 0. The van der Waals surface area contributed by atoms with E-state index in [1.165, 1.54) is 6.42 Å². The second kappa shape index (κ2) is 7.77. The van der Waals surface area contributed by atoms with E-state index in [1.54, 1.807) is 19.1 Å². The molecule has 2 saturated heterocycles. The van der Waals surface area contributed by atoms with Crippen LogP contribution in [0, 0.1) is 0 Å². The number of esters is 1. The summed E-state index contributed by atoms with van der Waals surface area (Å²) in [5.74, 6) is 0.189. The first-order valence-electron chi connectivity index (χ1n) is 8.34. The molecule has 134 valence electrons. The normalized spacial score (nSPS) is 19.8. The first-order chi connectivity index (χ1) is 12.1. The number of hydrogen-bond acceptors (Lipinski definition) is 7. The number of carbonyl (C=O) groups excluding carboxylic acids is 3. The van der Waals surface area contributed by atoms with Crippen molar-refractivity contribution in [1.82, 2.24) is 4.90 Å². The number of thioether (sulfide) groups is 1. The van der Waals surface area contributed by atoms with Crippen LogP contribution < -0.4 is 4.90 Å². The molecule has 25 heavy (non-hydrogen) atoms. The van der Waals surface area contributed by atoms with E-state index in [0.29, 0.717) is 5.76 Å². The second-order valence-corrected chi connectivity index (χ2v) is 6.79. The van der Waals surface area contributed by atoms with E-state index in [2.05, 4.69) is 4.90 Å². The summed E-state index contributed by atoms with van der Waals surface area (Å²) in [6.45, 7) is 3.43. The Hall–Kier alpha value is -2.22. The monoisotopic (exact) mass is 364 g/mol. The van der Waals surface area contributed by atoms with Gasteiger partial charge >= 0.3 is 5.97 Å². The Labute approximate surface area is 150 Å². The maximum absolute atomic E-state index is 12.3. The van der Waals surface area contributed by atoms with Crippen molar-refractivity contribution in [1.29, 1.82) is 0 Å². The Morgan fingerprint density at radius 3 is 2.76 bits per heavy atom. The van der Waals surface area contributed by atoms with Gasteiger partial charge in [0.15, 0.2) is 5.88 Å². The lowest BCUT2D eigenvalue weighted by atomic mass is 10.1. The van der Waals surface area contributed by atoms with Crippen molar-refractivity contribution in [3.63, 3.8) is 0 Å². The van der Waals surface area contributed by atoms with E-state index < -0.39 is 17.1 Å². The highest BCUT2D eigenvalue weighted by molar-refractivity contribution is 8.18. The van der Waals surface area contributed by atoms with Gasteiger partial charge in [0.1, 0.15) is 12.3 Å². The Balaban J connectivity index is 1.69. The van der Waals surface area contributed by atoms with Crippen LogP contribution in [0.4, 0.5) is 10.7 Å². The summed E-state index contributed by atoms with van der Waals surface area (Å²) in [6.07, 6.45) is 5.06. The van der Waals surface area contributed by atoms with Gasteiger partial charge in [-0.2, -0.15) is 0 Å². The highest BCUT2D eigenvalue weighted by atomic mass is 32.2. The molecule has 1 aromatic rings. The largest absolute Gasteiger partial charge is 0.465 e. The molecule has 8 heteroatoms. The minimum Gasteiger partial charge on any atom is -0.465 e. The molecule has 0 atom stereocenters. The van der Waals surface area contributed by atoms with Crippen molar-refractivity contribution in [2.45, 2.75) is 26.2 Å². The van der Waals surface area contributed by atoms with Crippen LogP contribution >= 0.6 is 11.8 Å². The van der Waals surface area contributed by atoms with Gasteiger partial charge in [-0.1, -0.05) is 0 Å². The molecular weight excluding hydrogens is 344 g/mol. The topological polar surface area (TPSA) is 80.1 Å². The molecule has 3 rings (SSSR count). The minimum atomic E-state index is -0.601. The number of nitrogens with zero attached hydrogens (tertiary/aromatic N) is 2. The van der Waals surface area contributed by atoms with Gasteiger partial charge in [-0.05, 0) is 44.0 Å². The lowest BCUT2D eigenvalue weighted by Gasteiger charge is -2.25. The number of hydrogen-bond donors (Lipinski definition) is 0. The third-order valence-corrected chi connectivity index (χ3v) is 4.93. The number of carbonyl (C=O) groups is 3. The fourth-order valence-electron chi connectivity index (χ4n) is 2.81. The van der Waals surface area contributed by atoms with Crippen LogP contribution in [-0.4, -0.2) is 48.3 Å². The molecule has 0 N–H and O–H groups in total. The summed E-state index contributed by atoms with van der Waals surface area (Å²) in [5.41, 5.74) is 0. The van der Waals surface area contributed by atoms with Crippen LogP contribution in [-0.2, 0) is 14.3 Å². The zero-order valence-corrected chi connectivity index (χ0v) is 14.8. The number of furan rings is 1. The van der Waals surface area contributed by atoms with Crippen LogP contribution in [0.1, 0.15) is 31.9 Å². The van der Waals surface area contributed by atoms with E-state index >= 15 is 0 Å². The number of ether oxygens (including phenoxy) is 1. The highest BCUT2D eigenvalue weighted by Crippen LogP contribution is 2.33. The smallest absolute Gasteiger partial charge is 0.326 e. The number of rotatable bonds is 5. The maximum atomic E-state index is 12.3. The van der Waals surface area contributed by atoms with Crippen molar-refractivity contribution in [3.05, 3.63) is 22.8 Å². The van der Waals surface area contributed by atoms with E-state index in [-0.39, 0.29) is 18.1 Å². The third-order valence-electron chi connectivity index (χ3n) is 4.02. The van der Waals surface area contributed by atoms with Crippen LogP contribution in [0.5, 0.6) is 0 Å². The third kappa shape index (κ3) is 4.07. The number of imide groups is 1. The molecule has 0 aliphatic carbocycles. The van der Waals surface area contributed by atoms with Crippen molar-refractivity contribution >= 4 is 40.8 Å². The fourth-order valence-corrected chi connectivity index (χ4v) is 3.62. The predicted molar refractivity (Wildman–Crippen MR) is 94.1 cm³/mol. The summed E-state index contributed by atoms with van der Waals surface area (Å²) < 4.78 is 10.6. The molecule has 1 aromatic heterocycles. The minimum absolute atomic E-state index is 0.205. The SMILES string of the molecule is CCOC(=O)CN1C(=O)S/C(=C\c2ccc(N3CCCCC3)o2)C1=O. The fraction of sp³-hybridized carbons (Fsp3) is 0.471. The van der Waals surface area contributed by atoms with Crippen molar-refractivity contribution in [2.24, 2.45) is 0 Å². The van der Waals surface area contributed by atoms with Gasteiger partial charge < -0.3 is 14.1 Å². The molecule has 2 aliphatic heterocycles. The van der Waals surface area contributed by atoms with E-state index in [1.807, 2.05) is 6.07 Å². The Morgan fingerprint density at radius 1 is 1.28 bits per heavy atom. The first-order valence-corrected chi connectivity index (χ1v) is 9.16. The molecule has 0 aromatic carbocycles. The van der Waals surface area contributed by atoms with Crippen molar-refractivity contribution in [2.75, 3.05) is 31.1 Å². The molecule has 0 saturated carbocycles. The van der Waals surface area contributed by atoms with Crippen LogP contribution in [0.2, 0.25) is 0 Å². The molecule has 2 amide bonds. The van der Waals surface area contributed by atoms with Gasteiger partial charge in [0.05, 0.1) is 11.5 Å². The molecule has 0 bridgehead atoms.